The van der Waals surface area contributed by atoms with Crippen molar-refractivity contribution in [2.45, 2.75) is 102 Å². The zero-order valence-electron chi connectivity index (χ0n) is 34.6. The maximum absolute atomic E-state index is 15.8. The Morgan fingerprint density at radius 3 is 2.26 bits per heavy atom. The van der Waals surface area contributed by atoms with E-state index in [0.717, 1.165) is 48.2 Å². The maximum Gasteiger partial charge on any atom is 0.265 e. The molecule has 0 bridgehead atoms. The summed E-state index contributed by atoms with van der Waals surface area (Å²) in [6.45, 7) is 14.6. The molecular weight excluding hydrogens is 751 g/mol. The lowest BCUT2D eigenvalue weighted by molar-refractivity contribution is -0.138. The van der Waals surface area contributed by atoms with Crippen LogP contribution in [0.5, 0.6) is 17.4 Å². The second-order valence-corrected chi connectivity index (χ2v) is 22.4. The van der Waals surface area contributed by atoms with Crippen molar-refractivity contribution in [1.29, 1.82) is 0 Å². The molecule has 1 aromatic heterocycles. The number of Topliss-reactive ketones (excluding diaryl/α,β-unsaturated/α-hetero) is 2. The molecule has 8 rings (SSSR count). The van der Waals surface area contributed by atoms with Gasteiger partial charge in [-0.05, 0) is 85.2 Å². The van der Waals surface area contributed by atoms with Crippen molar-refractivity contribution in [2.75, 3.05) is 20.2 Å². The van der Waals surface area contributed by atoms with Crippen LogP contribution < -0.4 is 19.9 Å². The van der Waals surface area contributed by atoms with Crippen LogP contribution in [0.3, 0.4) is 0 Å². The van der Waals surface area contributed by atoms with Crippen LogP contribution in [0.1, 0.15) is 103 Å². The Labute approximate surface area is 341 Å². The lowest BCUT2D eigenvalue weighted by Crippen LogP contribution is -2.68. The molecule has 5 atom stereocenters. The minimum absolute atomic E-state index is 0.0109. The monoisotopic (exact) mass is 805 g/mol. The van der Waals surface area contributed by atoms with Crippen molar-refractivity contribution in [2.24, 2.45) is 17.6 Å². The van der Waals surface area contributed by atoms with Gasteiger partial charge in [0, 0.05) is 28.7 Å². The molecule has 58 heavy (non-hydrogen) atoms. The Hall–Kier alpha value is -4.75. The Morgan fingerprint density at radius 1 is 0.983 bits per heavy atom. The number of aromatic nitrogens is 1. The van der Waals surface area contributed by atoms with Crippen LogP contribution in [0, 0.1) is 11.8 Å². The first-order valence-corrected chi connectivity index (χ1v) is 23.4. The van der Waals surface area contributed by atoms with Gasteiger partial charge in [0.25, 0.3) is 5.88 Å². The number of rotatable bonds is 11. The van der Waals surface area contributed by atoms with E-state index in [9.17, 15) is 5.11 Å². The van der Waals surface area contributed by atoms with E-state index < -0.39 is 43.4 Å². The normalized spacial score (nSPS) is 24.6. The molecule has 1 unspecified atom stereocenters. The van der Waals surface area contributed by atoms with E-state index in [2.05, 4.69) is 37.8 Å². The SMILES string of the molecule is CCN1CCCC1c1cc(OCc2ccccc2)c2c(c1OC)C[C@H]1C[C@H]3[C@H](N)c4onc(OCc5ccccc5)c4C(=O)[C@@]3(O[Si](C)(C)C(C)(C)C)C(=O)C1=C2O. The van der Waals surface area contributed by atoms with Gasteiger partial charge in [-0.3, -0.25) is 14.5 Å². The minimum atomic E-state index is -2.91. The smallest absolute Gasteiger partial charge is 0.265 e. The van der Waals surface area contributed by atoms with Crippen molar-refractivity contribution in [3.63, 3.8) is 0 Å². The zero-order chi connectivity index (χ0) is 41.1. The van der Waals surface area contributed by atoms with E-state index >= 15 is 9.59 Å². The number of aliphatic hydroxyl groups is 1. The maximum atomic E-state index is 15.8. The van der Waals surface area contributed by atoms with Crippen LogP contribution in [0.15, 0.2) is 76.8 Å². The fourth-order valence-corrected chi connectivity index (χ4v) is 10.8. The number of carbonyl (C=O) groups is 2. The fraction of sp³-hybridized carbons (Fsp3) is 0.457. The summed E-state index contributed by atoms with van der Waals surface area (Å²) >= 11 is 0. The highest BCUT2D eigenvalue weighted by Gasteiger charge is 2.68. The number of methoxy groups -OCH3 is 1. The van der Waals surface area contributed by atoms with Gasteiger partial charge in [0.2, 0.25) is 11.6 Å². The van der Waals surface area contributed by atoms with E-state index in [1.807, 2.05) is 79.8 Å². The van der Waals surface area contributed by atoms with Gasteiger partial charge >= 0.3 is 0 Å². The van der Waals surface area contributed by atoms with E-state index in [-0.39, 0.29) is 59.3 Å². The summed E-state index contributed by atoms with van der Waals surface area (Å²) < 4.78 is 32.0. The Balaban J connectivity index is 1.30. The van der Waals surface area contributed by atoms with Gasteiger partial charge in [0.05, 0.1) is 18.7 Å². The van der Waals surface area contributed by atoms with Crippen molar-refractivity contribution in [1.82, 2.24) is 10.1 Å². The third-order valence-corrected chi connectivity index (χ3v) is 17.8. The summed E-state index contributed by atoms with van der Waals surface area (Å²) in [4.78, 5) is 33.6. The van der Waals surface area contributed by atoms with Gasteiger partial charge in [0.1, 0.15) is 36.0 Å². The van der Waals surface area contributed by atoms with Crippen molar-refractivity contribution < 1.29 is 37.9 Å². The Morgan fingerprint density at radius 2 is 1.64 bits per heavy atom. The highest BCUT2D eigenvalue weighted by molar-refractivity contribution is 6.74. The second-order valence-electron chi connectivity index (χ2n) is 17.7. The number of likely N-dealkylation sites (tertiary alicyclic amines) is 1. The predicted molar refractivity (Wildman–Crippen MR) is 222 cm³/mol. The van der Waals surface area contributed by atoms with Crippen molar-refractivity contribution >= 4 is 25.6 Å². The molecule has 4 aromatic rings. The molecule has 3 aromatic carbocycles. The topological polar surface area (TPSA) is 147 Å². The minimum Gasteiger partial charge on any atom is -0.507 e. The molecule has 2 fully saturated rings. The predicted octanol–water partition coefficient (Wildman–Crippen LogP) is 8.69. The number of ketones is 2. The molecule has 1 saturated carbocycles. The van der Waals surface area contributed by atoms with Crippen LogP contribution in [0.4, 0.5) is 0 Å². The highest BCUT2D eigenvalue weighted by atomic mass is 28.4. The van der Waals surface area contributed by atoms with Crippen LogP contribution in [-0.4, -0.2) is 60.8 Å². The first-order chi connectivity index (χ1) is 27.7. The summed E-state index contributed by atoms with van der Waals surface area (Å²) in [6, 6.07) is 20.5. The molecule has 4 aliphatic rings. The van der Waals surface area contributed by atoms with E-state index in [0.29, 0.717) is 23.5 Å². The third kappa shape index (κ3) is 6.49. The number of hydrogen-bond donors (Lipinski definition) is 2. The number of fused-ring (bicyclic) bond motifs is 4. The summed E-state index contributed by atoms with van der Waals surface area (Å²) in [6.07, 6.45) is 2.64. The molecule has 12 heteroatoms. The fourth-order valence-electron chi connectivity index (χ4n) is 9.39. The molecule has 0 amide bonds. The van der Waals surface area contributed by atoms with Crippen LogP contribution in [0.25, 0.3) is 5.76 Å². The number of carbonyl (C=O) groups excluding carboxylic acids is 2. The van der Waals surface area contributed by atoms with Gasteiger partial charge in [-0.15, -0.1) is 0 Å². The summed E-state index contributed by atoms with van der Waals surface area (Å²) in [7, 11) is -1.25. The van der Waals surface area contributed by atoms with E-state index in [4.69, 9.17) is 28.9 Å². The van der Waals surface area contributed by atoms with Gasteiger partial charge in [0.15, 0.2) is 19.7 Å². The molecule has 0 spiro atoms. The number of nitrogens with two attached hydrogens (primary N) is 1. The van der Waals surface area contributed by atoms with Crippen LogP contribution in [0.2, 0.25) is 18.1 Å². The number of nitrogens with zero attached hydrogens (tertiary/aromatic N) is 2. The molecule has 3 N–H and O–H groups in total. The van der Waals surface area contributed by atoms with Gasteiger partial charge in [-0.2, -0.15) is 0 Å². The van der Waals surface area contributed by atoms with Crippen molar-refractivity contribution in [3.8, 4) is 17.4 Å². The number of ether oxygens (including phenoxy) is 3. The molecule has 2 heterocycles. The number of aliphatic hydroxyl groups excluding tert-OH is 1. The number of hydrogen-bond acceptors (Lipinski definition) is 11. The molecular formula is C46H55N3O8Si. The Kier molecular flexibility index (Phi) is 10.4. The van der Waals surface area contributed by atoms with Gasteiger partial charge in [-0.25, -0.2) is 0 Å². The first-order valence-electron chi connectivity index (χ1n) is 20.5. The summed E-state index contributed by atoms with van der Waals surface area (Å²) in [5, 5.41) is 16.5. The van der Waals surface area contributed by atoms with Crippen LogP contribution in [-0.2, 0) is 28.9 Å². The van der Waals surface area contributed by atoms with Crippen molar-refractivity contribution in [3.05, 3.63) is 111 Å². The highest BCUT2D eigenvalue weighted by Crippen LogP contribution is 2.59. The molecule has 306 valence electrons. The molecule has 3 aliphatic carbocycles. The summed E-state index contributed by atoms with van der Waals surface area (Å²) in [5.41, 5.74) is 9.22. The van der Waals surface area contributed by atoms with E-state index in [1.165, 1.54) is 0 Å². The first kappa shape index (κ1) is 40.0. The lowest BCUT2D eigenvalue weighted by atomic mass is 9.57. The molecule has 11 nitrogen and oxygen atoms in total. The average Bonchev–Trinajstić information content (AvgIpc) is 3.87. The van der Waals surface area contributed by atoms with E-state index in [1.54, 1.807) is 7.11 Å². The average molecular weight is 806 g/mol. The molecule has 1 aliphatic heterocycles. The van der Waals surface area contributed by atoms with Crippen LogP contribution >= 0.6 is 0 Å². The van der Waals surface area contributed by atoms with Gasteiger partial charge < -0.3 is 34.0 Å². The lowest BCUT2D eigenvalue weighted by Gasteiger charge is -2.53. The molecule has 0 radical (unpaired) electrons. The van der Waals surface area contributed by atoms with Gasteiger partial charge in [-0.1, -0.05) is 88.4 Å². The molecule has 1 saturated heterocycles. The third-order valence-electron chi connectivity index (χ3n) is 13.4. The zero-order valence-corrected chi connectivity index (χ0v) is 35.6. The number of benzene rings is 3. The Bertz CT molecular complexity index is 2250. The quantitative estimate of drug-likeness (QED) is 0.111. The second kappa shape index (κ2) is 15.1. The summed E-state index contributed by atoms with van der Waals surface area (Å²) in [5.74, 6) is -1.47. The standard InChI is InChI=1S/C46H55N3O8Si/c1-8-49-21-15-20-33(49)30-24-34(54-25-27-16-11-9-12-17-27)36-31(40(30)53-5)22-29-23-32-38(47)41-37(44(48-56-41)55-26-28-18-13-10-14-19-28)43(52)46(32,42(51)35(29)39(36)50)57-58(6,7)45(2,3)4/h9-14,16-19,24,29,32-33,38,50H,8,15,20-23,25-26,47H2,1-7H3/t29-,32-,33?,38-,46-/m0/s1. The largest absolute Gasteiger partial charge is 0.507 e.